The highest BCUT2D eigenvalue weighted by atomic mass is 79.9. The lowest BCUT2D eigenvalue weighted by Gasteiger charge is -2.44. The SMILES string of the molecule is CCC(CCC1OC1[C@]1(O)[C@@H](Br)[C@@H](OC(=O)N(Cl)C(C)=O)CC[C@]12CO2)c1ccccc1. The van der Waals surface area contributed by atoms with Gasteiger partial charge in [-0.05, 0) is 43.6 Å². The molecule has 7 atom stereocenters. The molecule has 2 heterocycles. The number of carbonyl (C=O) groups excluding carboxylic acids is 2. The first-order chi connectivity index (χ1) is 15.2. The molecular weight excluding hydrogens is 502 g/mol. The second-order valence-corrected chi connectivity index (χ2v) is 10.3. The van der Waals surface area contributed by atoms with Gasteiger partial charge >= 0.3 is 6.09 Å². The first kappa shape index (κ1) is 24.0. The summed E-state index contributed by atoms with van der Waals surface area (Å²) in [7, 11) is 0. The summed E-state index contributed by atoms with van der Waals surface area (Å²) in [6.07, 6.45) is 1.70. The second kappa shape index (κ2) is 9.22. The predicted octanol–water partition coefficient (Wildman–Crippen LogP) is 4.29. The molecule has 3 fully saturated rings. The largest absolute Gasteiger partial charge is 0.444 e. The number of nitrogens with zero attached hydrogens (tertiary/aromatic N) is 1. The van der Waals surface area contributed by atoms with Crippen LogP contribution in [0.5, 0.6) is 0 Å². The third-order valence-electron chi connectivity index (χ3n) is 7.07. The molecule has 7 nitrogen and oxygen atoms in total. The van der Waals surface area contributed by atoms with Crippen molar-refractivity contribution in [1.82, 2.24) is 4.42 Å². The minimum Gasteiger partial charge on any atom is -0.444 e. The van der Waals surface area contributed by atoms with Crippen molar-refractivity contribution in [2.75, 3.05) is 6.61 Å². The molecule has 1 N–H and O–H groups in total. The number of imide groups is 1. The Hall–Kier alpha value is -1.19. The summed E-state index contributed by atoms with van der Waals surface area (Å²) in [4.78, 5) is 22.9. The van der Waals surface area contributed by atoms with Crippen LogP contribution in [0, 0.1) is 0 Å². The summed E-state index contributed by atoms with van der Waals surface area (Å²) in [5.41, 5.74) is -0.733. The molecular formula is C23H29BrClNO6. The van der Waals surface area contributed by atoms with E-state index in [1.807, 2.05) is 6.07 Å². The maximum atomic E-state index is 12.2. The second-order valence-electron chi connectivity index (χ2n) is 8.96. The smallest absolute Gasteiger partial charge is 0.432 e. The van der Waals surface area contributed by atoms with Crippen molar-refractivity contribution >= 4 is 39.7 Å². The van der Waals surface area contributed by atoms with Gasteiger partial charge in [-0.25, -0.2) is 4.79 Å². The number of rotatable bonds is 7. The van der Waals surface area contributed by atoms with Crippen LogP contribution in [0.4, 0.5) is 4.79 Å². The zero-order chi connectivity index (χ0) is 23.1. The van der Waals surface area contributed by atoms with E-state index in [1.54, 1.807) is 0 Å². The maximum Gasteiger partial charge on any atom is 0.432 e. The molecule has 0 radical (unpaired) electrons. The number of hydrogen-bond acceptors (Lipinski definition) is 6. The zero-order valence-electron chi connectivity index (χ0n) is 18.2. The lowest BCUT2D eigenvalue weighted by molar-refractivity contribution is -0.125. The van der Waals surface area contributed by atoms with Crippen LogP contribution >= 0.6 is 27.7 Å². The third kappa shape index (κ3) is 4.32. The summed E-state index contributed by atoms with van der Waals surface area (Å²) in [6.45, 7) is 3.79. The van der Waals surface area contributed by atoms with E-state index in [0.29, 0.717) is 29.8 Å². The van der Waals surface area contributed by atoms with E-state index in [1.165, 1.54) is 12.5 Å². The number of hydrogen-bond donors (Lipinski definition) is 1. The first-order valence-electron chi connectivity index (χ1n) is 11.1. The van der Waals surface area contributed by atoms with Gasteiger partial charge in [0.2, 0.25) is 5.91 Å². The Morgan fingerprint density at radius 2 is 2.06 bits per heavy atom. The normalized spacial score (nSPS) is 36.4. The van der Waals surface area contributed by atoms with Crippen molar-refractivity contribution in [2.24, 2.45) is 0 Å². The van der Waals surface area contributed by atoms with Gasteiger partial charge in [0.05, 0.1) is 17.5 Å². The number of aliphatic hydroxyl groups is 1. The molecule has 1 aliphatic carbocycles. The average Bonchev–Trinajstić information content (AvgIpc) is 3.71. The van der Waals surface area contributed by atoms with Crippen LogP contribution in [0.1, 0.15) is 57.4 Å². The van der Waals surface area contributed by atoms with Crippen molar-refractivity contribution in [1.29, 1.82) is 0 Å². The van der Waals surface area contributed by atoms with E-state index in [0.717, 1.165) is 19.3 Å². The van der Waals surface area contributed by atoms with Gasteiger partial charge in [0.1, 0.15) is 23.4 Å². The van der Waals surface area contributed by atoms with E-state index in [9.17, 15) is 14.7 Å². The number of carbonyl (C=O) groups is 2. The summed E-state index contributed by atoms with van der Waals surface area (Å²) >= 11 is 9.26. The summed E-state index contributed by atoms with van der Waals surface area (Å²) in [6, 6.07) is 10.4. The van der Waals surface area contributed by atoms with Crippen LogP contribution in [-0.2, 0) is 19.0 Å². The molecule has 0 aromatic heterocycles. The molecule has 9 heteroatoms. The Bertz CT molecular complexity index is 852. The van der Waals surface area contributed by atoms with Gasteiger partial charge in [-0.2, -0.15) is 4.42 Å². The number of amides is 2. The minimum atomic E-state index is -1.34. The van der Waals surface area contributed by atoms with Crippen LogP contribution in [0.2, 0.25) is 0 Å². The van der Waals surface area contributed by atoms with E-state index in [2.05, 4.69) is 47.1 Å². The number of epoxide rings is 2. The van der Waals surface area contributed by atoms with E-state index in [-0.39, 0.29) is 6.10 Å². The fourth-order valence-electron chi connectivity index (χ4n) is 5.01. The number of alkyl halides is 1. The summed E-state index contributed by atoms with van der Waals surface area (Å²) in [5, 5.41) is 11.8. The molecule has 1 aromatic carbocycles. The van der Waals surface area contributed by atoms with Gasteiger partial charge in [-0.15, -0.1) is 0 Å². The molecule has 176 valence electrons. The van der Waals surface area contributed by atoms with Crippen LogP contribution in [-0.4, -0.2) is 62.5 Å². The Kier molecular flexibility index (Phi) is 6.90. The highest BCUT2D eigenvalue weighted by Crippen LogP contribution is 2.58. The first-order valence-corrected chi connectivity index (χ1v) is 12.4. The third-order valence-corrected chi connectivity index (χ3v) is 8.73. The molecule has 1 spiro atoms. The van der Waals surface area contributed by atoms with E-state index in [4.69, 9.17) is 26.0 Å². The van der Waals surface area contributed by atoms with Crippen molar-refractivity contribution in [3.63, 3.8) is 0 Å². The Balaban J connectivity index is 1.41. The number of benzene rings is 1. The number of ether oxygens (including phenoxy) is 3. The average molecular weight is 531 g/mol. The Morgan fingerprint density at radius 3 is 2.66 bits per heavy atom. The zero-order valence-corrected chi connectivity index (χ0v) is 20.5. The molecule has 1 saturated carbocycles. The summed E-state index contributed by atoms with van der Waals surface area (Å²) < 4.78 is 17.6. The van der Waals surface area contributed by atoms with Crippen LogP contribution in [0.25, 0.3) is 0 Å². The highest BCUT2D eigenvalue weighted by Gasteiger charge is 2.75. The van der Waals surface area contributed by atoms with Crippen molar-refractivity contribution in [3.05, 3.63) is 35.9 Å². The van der Waals surface area contributed by atoms with Gasteiger partial charge in [-0.1, -0.05) is 53.2 Å². The van der Waals surface area contributed by atoms with Crippen LogP contribution in [0.15, 0.2) is 30.3 Å². The fraction of sp³-hybridized carbons (Fsp3) is 0.652. The van der Waals surface area contributed by atoms with Crippen LogP contribution < -0.4 is 0 Å². The number of halogens is 2. The van der Waals surface area contributed by atoms with Gasteiger partial charge in [0.25, 0.3) is 0 Å². The predicted molar refractivity (Wildman–Crippen MR) is 122 cm³/mol. The fourth-order valence-corrected chi connectivity index (χ4v) is 6.09. The molecule has 2 amide bonds. The highest BCUT2D eigenvalue weighted by molar-refractivity contribution is 9.09. The Morgan fingerprint density at radius 1 is 1.38 bits per heavy atom. The van der Waals surface area contributed by atoms with Gasteiger partial charge in [0.15, 0.2) is 0 Å². The monoisotopic (exact) mass is 529 g/mol. The summed E-state index contributed by atoms with van der Waals surface area (Å²) in [5.74, 6) is -0.201. The van der Waals surface area contributed by atoms with Gasteiger partial charge in [0, 0.05) is 18.7 Å². The standard InChI is InChI=1S/C23H29BrClNO6/c1-3-15(16-7-5-4-6-8-16)9-10-18-20(31-18)23(29)19(24)17(11-12-22(23)13-30-22)32-21(28)26(25)14(2)27/h4-8,15,17-20,29H,3,9-13H2,1-2H3/t15?,17-,18?,19-,20?,22-,23+/m0/s1. The lowest BCUT2D eigenvalue weighted by atomic mass is 9.71. The molecule has 32 heavy (non-hydrogen) atoms. The molecule has 2 aliphatic heterocycles. The molecule has 0 bridgehead atoms. The maximum absolute atomic E-state index is 12.2. The molecule has 2 saturated heterocycles. The quantitative estimate of drug-likeness (QED) is 0.321. The molecule has 3 aliphatic rings. The lowest BCUT2D eigenvalue weighted by Crippen LogP contribution is -2.64. The van der Waals surface area contributed by atoms with Crippen molar-refractivity contribution in [2.45, 2.75) is 86.2 Å². The topological polar surface area (TPSA) is 91.9 Å². The van der Waals surface area contributed by atoms with Crippen molar-refractivity contribution in [3.8, 4) is 0 Å². The van der Waals surface area contributed by atoms with E-state index < -0.39 is 40.2 Å². The molecule has 4 rings (SSSR count). The van der Waals surface area contributed by atoms with E-state index >= 15 is 0 Å². The molecule has 1 aromatic rings. The van der Waals surface area contributed by atoms with Gasteiger partial charge in [-0.3, -0.25) is 4.79 Å². The minimum absolute atomic E-state index is 0.0879. The van der Waals surface area contributed by atoms with Crippen molar-refractivity contribution < 1.29 is 28.9 Å². The van der Waals surface area contributed by atoms with Crippen LogP contribution in [0.3, 0.4) is 0 Å². The Labute approximate surface area is 201 Å². The molecule has 3 unspecified atom stereocenters. The van der Waals surface area contributed by atoms with Gasteiger partial charge < -0.3 is 19.3 Å².